The smallest absolute Gasteiger partial charge is 0.243 e. The summed E-state index contributed by atoms with van der Waals surface area (Å²) in [6.07, 6.45) is 2.74. The fraction of sp³-hybridized carbons (Fsp3) is 0.556. The summed E-state index contributed by atoms with van der Waals surface area (Å²) in [6, 6.07) is 9.33. The van der Waals surface area contributed by atoms with E-state index in [9.17, 15) is 9.59 Å². The van der Waals surface area contributed by atoms with E-state index in [1.54, 1.807) is 0 Å². The third-order valence-electron chi connectivity index (χ3n) is 4.40. The van der Waals surface area contributed by atoms with Crippen molar-refractivity contribution in [3.63, 3.8) is 0 Å². The van der Waals surface area contributed by atoms with Crippen molar-refractivity contribution in [3.8, 4) is 0 Å². The Morgan fingerprint density at radius 1 is 1.14 bits per heavy atom. The van der Waals surface area contributed by atoms with Gasteiger partial charge in [0, 0.05) is 5.92 Å². The fourth-order valence-electron chi connectivity index (χ4n) is 2.45. The maximum atomic E-state index is 12.6. The maximum absolute atomic E-state index is 12.6. The summed E-state index contributed by atoms with van der Waals surface area (Å²) in [5, 5.41) is 5.96. The van der Waals surface area contributed by atoms with Crippen LogP contribution in [0.2, 0.25) is 0 Å². The maximum Gasteiger partial charge on any atom is 0.243 e. The molecule has 0 heterocycles. The largest absolute Gasteiger partial charge is 0.348 e. The van der Waals surface area contributed by atoms with E-state index in [0.717, 1.165) is 24.8 Å². The van der Waals surface area contributed by atoms with E-state index in [4.69, 9.17) is 0 Å². The molecular weight excluding hydrogens is 276 g/mol. The Morgan fingerprint density at radius 3 is 2.32 bits per heavy atom. The molecule has 1 aliphatic rings. The van der Waals surface area contributed by atoms with Gasteiger partial charge in [-0.3, -0.25) is 9.59 Å². The lowest BCUT2D eigenvalue weighted by Crippen LogP contribution is -2.51. The SMILES string of the molecule is CCC(C)C(NC(=O)C1CC1)C(=O)NC(C)c1ccccc1. The zero-order valence-electron chi connectivity index (χ0n) is 13.6. The van der Waals surface area contributed by atoms with Crippen LogP contribution in [0.1, 0.15) is 51.6 Å². The first-order chi connectivity index (χ1) is 10.5. The van der Waals surface area contributed by atoms with Crippen molar-refractivity contribution in [2.45, 2.75) is 52.1 Å². The van der Waals surface area contributed by atoms with Crippen LogP contribution in [0.15, 0.2) is 30.3 Å². The fourth-order valence-corrected chi connectivity index (χ4v) is 2.45. The Morgan fingerprint density at radius 2 is 1.77 bits per heavy atom. The van der Waals surface area contributed by atoms with E-state index in [2.05, 4.69) is 10.6 Å². The molecule has 2 rings (SSSR count). The quantitative estimate of drug-likeness (QED) is 0.813. The standard InChI is InChI=1S/C18H26N2O2/c1-4-12(2)16(20-17(21)15-10-11-15)18(22)19-13(3)14-8-6-5-7-9-14/h5-9,12-13,15-16H,4,10-11H2,1-3H3,(H,19,22)(H,20,21). The first kappa shape index (κ1) is 16.5. The molecule has 22 heavy (non-hydrogen) atoms. The van der Waals surface area contributed by atoms with Crippen molar-refractivity contribution in [1.29, 1.82) is 0 Å². The van der Waals surface area contributed by atoms with Crippen LogP contribution in [0.25, 0.3) is 0 Å². The average molecular weight is 302 g/mol. The summed E-state index contributed by atoms with van der Waals surface area (Å²) in [7, 11) is 0. The van der Waals surface area contributed by atoms with Gasteiger partial charge in [-0.25, -0.2) is 0 Å². The van der Waals surface area contributed by atoms with Crippen LogP contribution in [0.4, 0.5) is 0 Å². The molecule has 4 nitrogen and oxygen atoms in total. The zero-order chi connectivity index (χ0) is 16.1. The molecule has 3 atom stereocenters. The Labute approximate surface area is 132 Å². The van der Waals surface area contributed by atoms with Crippen molar-refractivity contribution in [3.05, 3.63) is 35.9 Å². The van der Waals surface area contributed by atoms with Crippen molar-refractivity contribution in [2.75, 3.05) is 0 Å². The van der Waals surface area contributed by atoms with Gasteiger partial charge >= 0.3 is 0 Å². The summed E-state index contributed by atoms with van der Waals surface area (Å²) in [5.74, 6) is 0.157. The Balaban J connectivity index is 1.99. The minimum atomic E-state index is -0.454. The van der Waals surface area contributed by atoms with E-state index >= 15 is 0 Å². The predicted molar refractivity (Wildman–Crippen MR) is 87.1 cm³/mol. The van der Waals surface area contributed by atoms with E-state index in [0.29, 0.717) is 0 Å². The lowest BCUT2D eigenvalue weighted by atomic mass is 9.97. The van der Waals surface area contributed by atoms with Gasteiger partial charge in [0.1, 0.15) is 6.04 Å². The number of hydrogen-bond acceptors (Lipinski definition) is 2. The molecule has 2 N–H and O–H groups in total. The Bertz CT molecular complexity index is 511. The van der Waals surface area contributed by atoms with Gasteiger partial charge in [0.05, 0.1) is 6.04 Å². The minimum Gasteiger partial charge on any atom is -0.348 e. The number of carbonyl (C=O) groups excluding carboxylic acids is 2. The van der Waals surface area contributed by atoms with Gasteiger partial charge in [-0.1, -0.05) is 50.6 Å². The average Bonchev–Trinajstić information content (AvgIpc) is 3.37. The lowest BCUT2D eigenvalue weighted by Gasteiger charge is -2.25. The van der Waals surface area contributed by atoms with Gasteiger partial charge in [-0.15, -0.1) is 0 Å². The number of benzene rings is 1. The summed E-state index contributed by atoms with van der Waals surface area (Å²) in [4.78, 5) is 24.6. The Kier molecular flexibility index (Phi) is 5.58. The second kappa shape index (κ2) is 7.43. The van der Waals surface area contributed by atoms with Crippen molar-refractivity contribution >= 4 is 11.8 Å². The van der Waals surface area contributed by atoms with Crippen LogP contribution in [0.3, 0.4) is 0 Å². The van der Waals surface area contributed by atoms with Gasteiger partial charge in [-0.2, -0.15) is 0 Å². The number of rotatable bonds is 7. The molecule has 3 unspecified atom stereocenters. The molecule has 1 aliphatic carbocycles. The molecule has 0 spiro atoms. The Hall–Kier alpha value is -1.84. The van der Waals surface area contributed by atoms with E-state index in [1.165, 1.54) is 0 Å². The van der Waals surface area contributed by atoms with Gasteiger partial charge in [0.25, 0.3) is 0 Å². The van der Waals surface area contributed by atoms with Crippen molar-refractivity contribution in [2.24, 2.45) is 11.8 Å². The summed E-state index contributed by atoms with van der Waals surface area (Å²) in [6.45, 7) is 6.00. The molecule has 1 aromatic carbocycles. The molecular formula is C18H26N2O2. The molecule has 2 amide bonds. The molecule has 0 radical (unpaired) electrons. The summed E-state index contributed by atoms with van der Waals surface area (Å²) in [5.41, 5.74) is 1.06. The van der Waals surface area contributed by atoms with Gasteiger partial charge in [0.15, 0.2) is 0 Å². The lowest BCUT2D eigenvalue weighted by molar-refractivity contribution is -0.131. The number of amides is 2. The molecule has 0 bridgehead atoms. The van der Waals surface area contributed by atoms with Crippen molar-refractivity contribution < 1.29 is 9.59 Å². The van der Waals surface area contributed by atoms with Gasteiger partial charge in [-0.05, 0) is 31.2 Å². The highest BCUT2D eigenvalue weighted by molar-refractivity contribution is 5.89. The molecule has 1 saturated carbocycles. The number of nitrogens with one attached hydrogen (secondary N) is 2. The number of hydrogen-bond donors (Lipinski definition) is 2. The first-order valence-electron chi connectivity index (χ1n) is 8.18. The second-order valence-corrected chi connectivity index (χ2v) is 6.29. The predicted octanol–water partition coefficient (Wildman–Crippen LogP) is 2.80. The minimum absolute atomic E-state index is 0.0211. The third-order valence-corrected chi connectivity index (χ3v) is 4.40. The van der Waals surface area contributed by atoms with Gasteiger partial charge in [0.2, 0.25) is 11.8 Å². The summed E-state index contributed by atoms with van der Waals surface area (Å²) >= 11 is 0. The third kappa shape index (κ3) is 4.33. The molecule has 1 aromatic rings. The van der Waals surface area contributed by atoms with Crippen LogP contribution in [-0.2, 0) is 9.59 Å². The first-order valence-corrected chi connectivity index (χ1v) is 8.18. The van der Waals surface area contributed by atoms with E-state index in [-0.39, 0.29) is 29.7 Å². The van der Waals surface area contributed by atoms with Crippen LogP contribution in [-0.4, -0.2) is 17.9 Å². The molecule has 0 aromatic heterocycles. The molecule has 1 fully saturated rings. The zero-order valence-corrected chi connectivity index (χ0v) is 13.6. The van der Waals surface area contributed by atoms with Crippen LogP contribution in [0.5, 0.6) is 0 Å². The molecule has 4 heteroatoms. The monoisotopic (exact) mass is 302 g/mol. The summed E-state index contributed by atoms with van der Waals surface area (Å²) < 4.78 is 0. The van der Waals surface area contributed by atoms with Crippen LogP contribution < -0.4 is 10.6 Å². The topological polar surface area (TPSA) is 58.2 Å². The highest BCUT2D eigenvalue weighted by atomic mass is 16.2. The molecule has 0 saturated heterocycles. The van der Waals surface area contributed by atoms with E-state index in [1.807, 2.05) is 51.1 Å². The normalized spacial score (nSPS) is 18.1. The van der Waals surface area contributed by atoms with Crippen LogP contribution >= 0.6 is 0 Å². The number of carbonyl (C=O) groups is 2. The second-order valence-electron chi connectivity index (χ2n) is 6.29. The molecule has 120 valence electrons. The van der Waals surface area contributed by atoms with Crippen molar-refractivity contribution in [1.82, 2.24) is 10.6 Å². The van der Waals surface area contributed by atoms with Crippen LogP contribution in [0, 0.1) is 11.8 Å². The molecule has 0 aliphatic heterocycles. The van der Waals surface area contributed by atoms with Gasteiger partial charge < -0.3 is 10.6 Å². The van der Waals surface area contributed by atoms with E-state index < -0.39 is 6.04 Å². The highest BCUT2D eigenvalue weighted by Crippen LogP contribution is 2.29. The highest BCUT2D eigenvalue weighted by Gasteiger charge is 2.34.